The highest BCUT2D eigenvalue weighted by molar-refractivity contribution is 9.11. The minimum atomic E-state index is 1.01. The predicted octanol–water partition coefficient (Wildman–Crippen LogP) is 3.16. The topological polar surface area (TPSA) is 16.1 Å². The predicted molar refractivity (Wildman–Crippen MR) is 69.2 cm³/mol. The number of thioether (sulfide) groups is 1. The lowest BCUT2D eigenvalue weighted by atomic mass is 10.4. The van der Waals surface area contributed by atoms with Gasteiger partial charge in [0, 0.05) is 35.3 Å². The maximum atomic E-state index is 4.42. The van der Waals surface area contributed by atoms with Crippen LogP contribution in [0.2, 0.25) is 0 Å². The Kier molecular flexibility index (Phi) is 3.73. The molecule has 0 N–H and O–H groups in total. The molecule has 0 radical (unpaired) electrons. The van der Waals surface area contributed by atoms with E-state index in [9.17, 15) is 0 Å². The highest BCUT2D eigenvalue weighted by atomic mass is 79.9. The van der Waals surface area contributed by atoms with Gasteiger partial charge in [0.15, 0.2) is 0 Å². The second kappa shape index (κ2) is 4.86. The normalized spacial score (nSPS) is 17.1. The van der Waals surface area contributed by atoms with E-state index in [-0.39, 0.29) is 0 Å². The van der Waals surface area contributed by atoms with Crippen LogP contribution in [-0.4, -0.2) is 29.6 Å². The Morgan fingerprint density at radius 2 is 2.00 bits per heavy atom. The van der Waals surface area contributed by atoms with E-state index in [1.54, 1.807) is 0 Å². The van der Waals surface area contributed by atoms with Crippen LogP contribution in [0.3, 0.4) is 0 Å². The summed E-state index contributed by atoms with van der Waals surface area (Å²) in [4.78, 5) is 6.75. The van der Waals surface area contributed by atoms with Crippen molar-refractivity contribution >= 4 is 49.4 Å². The second-order valence-corrected chi connectivity index (χ2v) is 6.05. The molecule has 2 heterocycles. The van der Waals surface area contributed by atoms with Crippen LogP contribution in [0.25, 0.3) is 0 Å². The summed E-state index contributed by atoms with van der Waals surface area (Å²) in [7, 11) is 0. The number of hydrogen-bond acceptors (Lipinski definition) is 3. The van der Waals surface area contributed by atoms with Crippen LogP contribution in [0.5, 0.6) is 0 Å². The van der Waals surface area contributed by atoms with E-state index >= 15 is 0 Å². The molecule has 1 saturated heterocycles. The standard InChI is InChI=1S/C9H10Br2N2S/c10-7-5-8(11)9(12-6-7)13-1-3-14-4-2-13/h5-6H,1-4H2. The van der Waals surface area contributed by atoms with Crippen molar-refractivity contribution in [3.8, 4) is 0 Å². The lowest BCUT2D eigenvalue weighted by Crippen LogP contribution is -2.33. The third kappa shape index (κ3) is 2.44. The number of hydrogen-bond donors (Lipinski definition) is 0. The molecule has 1 aromatic rings. The highest BCUT2D eigenvalue weighted by Crippen LogP contribution is 2.28. The summed E-state index contributed by atoms with van der Waals surface area (Å²) in [6.45, 7) is 2.19. The molecule has 1 aliphatic rings. The van der Waals surface area contributed by atoms with Crippen LogP contribution in [0, 0.1) is 0 Å². The number of anilines is 1. The van der Waals surface area contributed by atoms with Gasteiger partial charge in [-0.05, 0) is 37.9 Å². The van der Waals surface area contributed by atoms with E-state index in [4.69, 9.17) is 0 Å². The molecule has 5 heteroatoms. The molecule has 2 nitrogen and oxygen atoms in total. The van der Waals surface area contributed by atoms with Crippen molar-refractivity contribution in [2.24, 2.45) is 0 Å². The Morgan fingerprint density at radius 1 is 1.29 bits per heavy atom. The molecule has 0 atom stereocenters. The van der Waals surface area contributed by atoms with Crippen molar-refractivity contribution in [1.82, 2.24) is 4.98 Å². The summed E-state index contributed by atoms with van der Waals surface area (Å²) in [6, 6.07) is 2.05. The van der Waals surface area contributed by atoms with Gasteiger partial charge in [-0.1, -0.05) is 0 Å². The van der Waals surface area contributed by atoms with Gasteiger partial charge in [-0.15, -0.1) is 0 Å². The molecular formula is C9H10Br2N2S. The molecule has 2 rings (SSSR count). The number of pyridine rings is 1. The summed E-state index contributed by atoms with van der Waals surface area (Å²) < 4.78 is 2.08. The Labute approximate surface area is 105 Å². The molecule has 0 unspecified atom stereocenters. The molecule has 0 aromatic carbocycles. The zero-order chi connectivity index (χ0) is 9.97. The highest BCUT2D eigenvalue weighted by Gasteiger charge is 2.14. The molecule has 0 aliphatic carbocycles. The van der Waals surface area contributed by atoms with Gasteiger partial charge in [0.05, 0.1) is 4.47 Å². The Morgan fingerprint density at radius 3 is 2.64 bits per heavy atom. The van der Waals surface area contributed by atoms with Crippen molar-refractivity contribution in [3.05, 3.63) is 21.2 Å². The maximum Gasteiger partial charge on any atom is 0.142 e. The smallest absolute Gasteiger partial charge is 0.142 e. The molecular weight excluding hydrogens is 328 g/mol. The number of rotatable bonds is 1. The minimum Gasteiger partial charge on any atom is -0.354 e. The molecule has 1 fully saturated rings. The molecule has 0 saturated carbocycles. The quantitative estimate of drug-likeness (QED) is 0.783. The van der Waals surface area contributed by atoms with Gasteiger partial charge in [0.25, 0.3) is 0 Å². The van der Waals surface area contributed by atoms with Crippen molar-refractivity contribution < 1.29 is 0 Å². The summed E-state index contributed by atoms with van der Waals surface area (Å²) in [5.74, 6) is 3.46. The Balaban J connectivity index is 2.22. The van der Waals surface area contributed by atoms with Crippen LogP contribution in [0.4, 0.5) is 5.82 Å². The summed E-state index contributed by atoms with van der Waals surface area (Å²) in [6.07, 6.45) is 1.85. The zero-order valence-electron chi connectivity index (χ0n) is 7.54. The van der Waals surface area contributed by atoms with Gasteiger partial charge in [-0.2, -0.15) is 11.8 Å². The van der Waals surface area contributed by atoms with Crippen LogP contribution in [0.1, 0.15) is 0 Å². The Hall–Kier alpha value is 0.260. The monoisotopic (exact) mass is 336 g/mol. The average molecular weight is 338 g/mol. The van der Waals surface area contributed by atoms with E-state index < -0.39 is 0 Å². The van der Waals surface area contributed by atoms with Crippen LogP contribution < -0.4 is 4.90 Å². The Bertz CT molecular complexity index is 327. The number of halogens is 2. The fourth-order valence-electron chi connectivity index (χ4n) is 1.42. The third-order valence-corrected chi connectivity index (χ3v) is 4.06. The molecule has 0 amide bonds. The van der Waals surface area contributed by atoms with E-state index in [2.05, 4.69) is 41.7 Å². The SMILES string of the molecule is Brc1cnc(N2CCSCC2)c(Br)c1. The van der Waals surface area contributed by atoms with Crippen molar-refractivity contribution in [1.29, 1.82) is 0 Å². The van der Waals surface area contributed by atoms with Crippen LogP contribution in [0.15, 0.2) is 21.2 Å². The van der Waals surface area contributed by atoms with E-state index in [0.29, 0.717) is 0 Å². The fraction of sp³-hybridized carbons (Fsp3) is 0.444. The summed E-state index contributed by atoms with van der Waals surface area (Å²) in [5.41, 5.74) is 0. The van der Waals surface area contributed by atoms with Crippen molar-refractivity contribution in [2.45, 2.75) is 0 Å². The molecule has 0 bridgehead atoms. The van der Waals surface area contributed by atoms with Crippen LogP contribution >= 0.6 is 43.6 Å². The first-order chi connectivity index (χ1) is 6.77. The lowest BCUT2D eigenvalue weighted by Gasteiger charge is -2.28. The minimum absolute atomic E-state index is 1.01. The fourth-order valence-corrected chi connectivity index (χ4v) is 3.56. The lowest BCUT2D eigenvalue weighted by molar-refractivity contribution is 0.836. The van der Waals surface area contributed by atoms with Gasteiger partial charge in [0.1, 0.15) is 5.82 Å². The van der Waals surface area contributed by atoms with E-state index in [1.165, 1.54) is 11.5 Å². The number of aromatic nitrogens is 1. The average Bonchev–Trinajstić information content (AvgIpc) is 2.19. The first-order valence-electron chi connectivity index (χ1n) is 4.41. The van der Waals surface area contributed by atoms with E-state index in [1.807, 2.05) is 24.0 Å². The zero-order valence-corrected chi connectivity index (χ0v) is 11.5. The first kappa shape index (κ1) is 10.8. The van der Waals surface area contributed by atoms with Gasteiger partial charge >= 0.3 is 0 Å². The number of nitrogens with zero attached hydrogens (tertiary/aromatic N) is 2. The van der Waals surface area contributed by atoms with Crippen LogP contribution in [-0.2, 0) is 0 Å². The van der Waals surface area contributed by atoms with E-state index in [0.717, 1.165) is 27.9 Å². The van der Waals surface area contributed by atoms with Gasteiger partial charge in [-0.25, -0.2) is 4.98 Å². The van der Waals surface area contributed by atoms with Gasteiger partial charge in [-0.3, -0.25) is 0 Å². The van der Waals surface area contributed by atoms with Gasteiger partial charge in [0.2, 0.25) is 0 Å². The maximum absolute atomic E-state index is 4.42. The molecule has 1 aromatic heterocycles. The largest absolute Gasteiger partial charge is 0.354 e. The van der Waals surface area contributed by atoms with Crippen molar-refractivity contribution in [3.63, 3.8) is 0 Å². The second-order valence-electron chi connectivity index (χ2n) is 3.06. The third-order valence-electron chi connectivity index (χ3n) is 2.10. The molecule has 76 valence electrons. The molecule has 1 aliphatic heterocycles. The van der Waals surface area contributed by atoms with Crippen molar-refractivity contribution in [2.75, 3.05) is 29.5 Å². The van der Waals surface area contributed by atoms with Gasteiger partial charge < -0.3 is 4.90 Å². The summed E-state index contributed by atoms with van der Waals surface area (Å²) >= 11 is 8.96. The molecule has 14 heavy (non-hydrogen) atoms. The first-order valence-corrected chi connectivity index (χ1v) is 7.15. The summed E-state index contributed by atoms with van der Waals surface area (Å²) in [5, 5.41) is 0. The molecule has 0 spiro atoms.